The molecule has 4 nitrogen and oxygen atoms in total. The van der Waals surface area contributed by atoms with Gasteiger partial charge in [0, 0.05) is 26.2 Å². The van der Waals surface area contributed by atoms with E-state index in [0.29, 0.717) is 26.3 Å². The van der Waals surface area contributed by atoms with Crippen molar-refractivity contribution in [1.29, 1.82) is 0 Å². The lowest BCUT2D eigenvalue weighted by Gasteiger charge is -2.26. The van der Waals surface area contributed by atoms with Crippen LogP contribution < -0.4 is 5.32 Å². The first-order valence-electron chi connectivity index (χ1n) is 6.31. The van der Waals surface area contributed by atoms with Crippen molar-refractivity contribution >= 4 is 17.5 Å². The summed E-state index contributed by atoms with van der Waals surface area (Å²) in [6, 6.07) is 1.61. The van der Waals surface area contributed by atoms with Crippen LogP contribution in [-0.2, 0) is 4.74 Å². The molecule has 1 aliphatic heterocycles. The van der Waals surface area contributed by atoms with E-state index in [-0.39, 0.29) is 10.6 Å². The van der Waals surface area contributed by atoms with Crippen molar-refractivity contribution in [1.82, 2.24) is 10.2 Å². The molecule has 1 N–H and O–H groups in total. The van der Waals surface area contributed by atoms with Gasteiger partial charge >= 0.3 is 0 Å². The van der Waals surface area contributed by atoms with Crippen LogP contribution in [0.25, 0.3) is 0 Å². The van der Waals surface area contributed by atoms with Gasteiger partial charge in [-0.2, -0.15) is 0 Å². The first-order valence-corrected chi connectivity index (χ1v) is 6.68. The van der Waals surface area contributed by atoms with Crippen LogP contribution in [0.15, 0.2) is 12.1 Å². The third-order valence-electron chi connectivity index (χ3n) is 3.07. The van der Waals surface area contributed by atoms with Crippen molar-refractivity contribution in [2.75, 3.05) is 39.4 Å². The van der Waals surface area contributed by atoms with Crippen LogP contribution in [0.5, 0.6) is 0 Å². The quantitative estimate of drug-likeness (QED) is 0.861. The monoisotopic (exact) mass is 304 g/mol. The van der Waals surface area contributed by atoms with Crippen LogP contribution in [0, 0.1) is 11.6 Å². The number of morpholine rings is 1. The molecule has 0 bridgehead atoms. The number of carbonyl (C=O) groups excluding carboxylic acids is 1. The zero-order chi connectivity index (χ0) is 14.5. The normalized spacial score (nSPS) is 16.1. The number of benzene rings is 1. The number of hydrogen-bond donors (Lipinski definition) is 1. The van der Waals surface area contributed by atoms with Gasteiger partial charge in [-0.25, -0.2) is 8.78 Å². The fourth-order valence-corrected chi connectivity index (χ4v) is 2.18. The molecule has 1 saturated heterocycles. The summed E-state index contributed by atoms with van der Waals surface area (Å²) in [6.07, 6.45) is 0. The Balaban J connectivity index is 1.87. The van der Waals surface area contributed by atoms with E-state index in [2.05, 4.69) is 10.2 Å². The summed E-state index contributed by atoms with van der Waals surface area (Å²) in [5.74, 6) is -2.67. The van der Waals surface area contributed by atoms with Crippen LogP contribution in [0.2, 0.25) is 5.02 Å². The second-order valence-electron chi connectivity index (χ2n) is 4.46. The van der Waals surface area contributed by atoms with Crippen molar-refractivity contribution < 1.29 is 18.3 Å². The van der Waals surface area contributed by atoms with Gasteiger partial charge in [0.1, 0.15) is 0 Å². The van der Waals surface area contributed by atoms with Crippen molar-refractivity contribution in [3.8, 4) is 0 Å². The zero-order valence-electron chi connectivity index (χ0n) is 10.8. The van der Waals surface area contributed by atoms with Crippen LogP contribution in [-0.4, -0.2) is 50.2 Å². The number of rotatable bonds is 4. The average Bonchev–Trinajstić information content (AvgIpc) is 2.44. The van der Waals surface area contributed by atoms with E-state index in [1.54, 1.807) is 0 Å². The summed E-state index contributed by atoms with van der Waals surface area (Å²) in [6.45, 7) is 4.10. The Kier molecular flexibility index (Phi) is 5.28. The molecule has 7 heteroatoms. The number of nitrogens with zero attached hydrogens (tertiary/aromatic N) is 1. The third-order valence-corrected chi connectivity index (χ3v) is 3.38. The predicted molar refractivity (Wildman–Crippen MR) is 71.0 cm³/mol. The second kappa shape index (κ2) is 6.97. The molecule has 2 rings (SSSR count). The van der Waals surface area contributed by atoms with Crippen LogP contribution in [0.1, 0.15) is 10.4 Å². The molecule has 20 heavy (non-hydrogen) atoms. The van der Waals surface area contributed by atoms with Gasteiger partial charge in [-0.3, -0.25) is 9.69 Å². The van der Waals surface area contributed by atoms with Gasteiger partial charge in [-0.15, -0.1) is 0 Å². The number of hydrogen-bond acceptors (Lipinski definition) is 3. The summed E-state index contributed by atoms with van der Waals surface area (Å²) in [7, 11) is 0. The van der Waals surface area contributed by atoms with Crippen LogP contribution in [0.3, 0.4) is 0 Å². The maximum absolute atomic E-state index is 13.1. The van der Waals surface area contributed by atoms with E-state index >= 15 is 0 Å². The Morgan fingerprint density at radius 2 is 1.95 bits per heavy atom. The van der Waals surface area contributed by atoms with E-state index in [1.165, 1.54) is 0 Å². The predicted octanol–water partition coefficient (Wildman–Crippen LogP) is 1.68. The fourth-order valence-electron chi connectivity index (χ4n) is 1.94. The molecule has 0 aliphatic carbocycles. The third kappa shape index (κ3) is 3.88. The molecule has 1 aromatic carbocycles. The molecule has 1 fully saturated rings. The molecule has 0 atom stereocenters. The summed E-state index contributed by atoms with van der Waals surface area (Å²) in [5.41, 5.74) is -0.0625. The summed E-state index contributed by atoms with van der Waals surface area (Å²) in [4.78, 5) is 14.0. The Labute approximate surface area is 120 Å². The molecule has 0 radical (unpaired) electrons. The molecular formula is C13H15ClF2N2O2. The van der Waals surface area contributed by atoms with Crippen molar-refractivity contribution in [2.24, 2.45) is 0 Å². The maximum atomic E-state index is 13.1. The minimum Gasteiger partial charge on any atom is -0.379 e. The Bertz CT molecular complexity index is 494. The molecule has 1 amide bonds. The molecule has 0 saturated carbocycles. The van der Waals surface area contributed by atoms with E-state index in [4.69, 9.17) is 16.3 Å². The lowest BCUT2D eigenvalue weighted by Crippen LogP contribution is -2.41. The van der Waals surface area contributed by atoms with Crippen molar-refractivity contribution in [3.63, 3.8) is 0 Å². The van der Waals surface area contributed by atoms with E-state index in [1.807, 2.05) is 0 Å². The highest BCUT2D eigenvalue weighted by Gasteiger charge is 2.15. The molecular weight excluding hydrogens is 290 g/mol. The van der Waals surface area contributed by atoms with Crippen LogP contribution >= 0.6 is 11.6 Å². The Hall–Kier alpha value is -1.24. The Morgan fingerprint density at radius 1 is 1.30 bits per heavy atom. The first-order chi connectivity index (χ1) is 9.58. The highest BCUT2D eigenvalue weighted by Crippen LogP contribution is 2.19. The minimum absolute atomic E-state index is 0.0625. The summed E-state index contributed by atoms with van der Waals surface area (Å²) in [5, 5.41) is 2.53. The van der Waals surface area contributed by atoms with Crippen LogP contribution in [0.4, 0.5) is 8.78 Å². The molecule has 1 aromatic rings. The largest absolute Gasteiger partial charge is 0.379 e. The summed E-state index contributed by atoms with van der Waals surface area (Å²) >= 11 is 5.73. The molecule has 110 valence electrons. The standard InChI is InChI=1S/C13H15ClF2N2O2/c14-10-8-12(16)11(15)7-9(10)13(19)17-1-2-18-3-5-20-6-4-18/h7-8H,1-6H2,(H,17,19). The van der Waals surface area contributed by atoms with Gasteiger partial charge in [0.25, 0.3) is 5.91 Å². The highest BCUT2D eigenvalue weighted by molar-refractivity contribution is 6.33. The summed E-state index contributed by atoms with van der Waals surface area (Å²) < 4.78 is 31.2. The highest BCUT2D eigenvalue weighted by atomic mass is 35.5. The minimum atomic E-state index is -1.09. The number of carbonyl (C=O) groups is 1. The van der Waals surface area contributed by atoms with E-state index < -0.39 is 17.5 Å². The molecule has 0 unspecified atom stereocenters. The number of nitrogens with one attached hydrogen (secondary N) is 1. The zero-order valence-corrected chi connectivity index (χ0v) is 11.6. The molecule has 1 heterocycles. The van der Waals surface area contributed by atoms with Crippen molar-refractivity contribution in [2.45, 2.75) is 0 Å². The second-order valence-corrected chi connectivity index (χ2v) is 4.86. The first kappa shape index (κ1) is 15.2. The fraction of sp³-hybridized carbons (Fsp3) is 0.462. The van der Waals surface area contributed by atoms with Gasteiger partial charge in [-0.05, 0) is 12.1 Å². The average molecular weight is 305 g/mol. The molecule has 0 aromatic heterocycles. The molecule has 0 spiro atoms. The number of amides is 1. The van der Waals surface area contributed by atoms with E-state index in [9.17, 15) is 13.6 Å². The van der Waals surface area contributed by atoms with E-state index in [0.717, 1.165) is 25.2 Å². The lowest BCUT2D eigenvalue weighted by atomic mass is 10.2. The smallest absolute Gasteiger partial charge is 0.252 e. The molecule has 1 aliphatic rings. The lowest BCUT2D eigenvalue weighted by molar-refractivity contribution is 0.0383. The topological polar surface area (TPSA) is 41.6 Å². The van der Waals surface area contributed by atoms with Gasteiger partial charge < -0.3 is 10.1 Å². The van der Waals surface area contributed by atoms with Gasteiger partial charge in [0.2, 0.25) is 0 Å². The van der Waals surface area contributed by atoms with Crippen molar-refractivity contribution in [3.05, 3.63) is 34.4 Å². The number of halogens is 3. The Morgan fingerprint density at radius 3 is 2.65 bits per heavy atom. The maximum Gasteiger partial charge on any atom is 0.252 e. The van der Waals surface area contributed by atoms with Gasteiger partial charge in [-0.1, -0.05) is 11.6 Å². The van der Waals surface area contributed by atoms with Gasteiger partial charge in [0.15, 0.2) is 11.6 Å². The van der Waals surface area contributed by atoms with Gasteiger partial charge in [0.05, 0.1) is 23.8 Å². The number of ether oxygens (including phenoxy) is 1. The SMILES string of the molecule is O=C(NCCN1CCOCC1)c1cc(F)c(F)cc1Cl.